The van der Waals surface area contributed by atoms with E-state index < -0.39 is 16.1 Å². The second-order valence-electron chi connectivity index (χ2n) is 7.63. The Morgan fingerprint density at radius 3 is 2.14 bits per heavy atom. The minimum Gasteiger partial charge on any atom is -0.297 e. The molecule has 0 bridgehead atoms. The minimum absolute atomic E-state index is 0.179. The highest BCUT2D eigenvalue weighted by Gasteiger charge is 2.42. The van der Waals surface area contributed by atoms with Gasteiger partial charge in [-0.3, -0.25) is 9.10 Å². The highest BCUT2D eigenvalue weighted by Crippen LogP contribution is 2.49. The van der Waals surface area contributed by atoms with E-state index in [0.717, 1.165) is 33.4 Å². The molecule has 0 amide bonds. The Kier molecular flexibility index (Phi) is 4.58. The molecule has 0 radical (unpaired) electrons. The molecule has 0 saturated heterocycles. The Morgan fingerprint density at radius 1 is 0.862 bits per heavy atom. The summed E-state index contributed by atoms with van der Waals surface area (Å²) >= 11 is 0. The van der Waals surface area contributed by atoms with Gasteiger partial charge in [0.1, 0.15) is 6.04 Å². The van der Waals surface area contributed by atoms with Gasteiger partial charge >= 0.3 is 0 Å². The molecule has 0 spiro atoms. The molecule has 0 saturated carbocycles. The number of carbonyl (C=O) groups is 1. The van der Waals surface area contributed by atoms with Gasteiger partial charge in [-0.2, -0.15) is 0 Å². The molecule has 5 heteroatoms. The van der Waals surface area contributed by atoms with Crippen LogP contribution in [0.15, 0.2) is 65.6 Å². The summed E-state index contributed by atoms with van der Waals surface area (Å²) in [7, 11) is -3.95. The number of sulfonamides is 1. The van der Waals surface area contributed by atoms with Crippen molar-refractivity contribution in [1.29, 1.82) is 0 Å². The van der Waals surface area contributed by atoms with Crippen LogP contribution in [0.2, 0.25) is 0 Å². The molecule has 0 N–H and O–H groups in total. The maximum Gasteiger partial charge on any atom is 0.265 e. The summed E-state index contributed by atoms with van der Waals surface area (Å²) in [5.41, 5.74) is 6.00. The molecule has 1 aliphatic rings. The summed E-state index contributed by atoms with van der Waals surface area (Å²) in [5.74, 6) is -0.204. The molecule has 3 aromatic carbocycles. The predicted molar refractivity (Wildman–Crippen MR) is 116 cm³/mol. The summed E-state index contributed by atoms with van der Waals surface area (Å²) in [4.78, 5) is 13.0. The predicted octanol–water partition coefficient (Wildman–Crippen LogP) is 5.12. The number of fused-ring (bicyclic) bond motifs is 3. The average Bonchev–Trinajstić information content (AvgIpc) is 2.69. The number of ketones is 1. The van der Waals surface area contributed by atoms with Gasteiger partial charge in [-0.05, 0) is 68.1 Å². The lowest BCUT2D eigenvalue weighted by Crippen LogP contribution is -2.41. The van der Waals surface area contributed by atoms with Crippen molar-refractivity contribution in [3.05, 3.63) is 82.9 Å². The van der Waals surface area contributed by atoms with E-state index in [9.17, 15) is 13.2 Å². The summed E-state index contributed by atoms with van der Waals surface area (Å²) in [6.45, 7) is 7.30. The zero-order valence-electron chi connectivity index (χ0n) is 16.9. The smallest absolute Gasteiger partial charge is 0.265 e. The second kappa shape index (κ2) is 6.85. The van der Waals surface area contributed by atoms with Gasteiger partial charge in [0.25, 0.3) is 10.0 Å². The molecule has 1 atom stereocenters. The van der Waals surface area contributed by atoms with E-state index in [1.807, 2.05) is 51.1 Å². The lowest BCUT2D eigenvalue weighted by atomic mass is 9.83. The fourth-order valence-electron chi connectivity index (χ4n) is 4.14. The maximum atomic E-state index is 13.8. The van der Waals surface area contributed by atoms with Gasteiger partial charge in [0.05, 0.1) is 10.6 Å². The highest BCUT2D eigenvalue weighted by molar-refractivity contribution is 7.93. The van der Waals surface area contributed by atoms with Gasteiger partial charge in [-0.25, -0.2) is 8.42 Å². The number of aryl methyl sites for hydroxylation is 3. The van der Waals surface area contributed by atoms with Crippen LogP contribution < -0.4 is 4.31 Å². The fraction of sp³-hybridized carbons (Fsp3) is 0.208. The van der Waals surface area contributed by atoms with Crippen LogP contribution in [0.25, 0.3) is 11.1 Å². The molecular weight excluding hydrogens is 382 g/mol. The quantitative estimate of drug-likeness (QED) is 0.608. The van der Waals surface area contributed by atoms with E-state index in [0.29, 0.717) is 5.69 Å². The normalized spacial score (nSPS) is 15.6. The molecule has 29 heavy (non-hydrogen) atoms. The van der Waals surface area contributed by atoms with Crippen LogP contribution in [0, 0.1) is 20.8 Å². The first-order valence-electron chi connectivity index (χ1n) is 9.54. The van der Waals surface area contributed by atoms with Crippen molar-refractivity contribution in [2.45, 2.75) is 38.6 Å². The van der Waals surface area contributed by atoms with Gasteiger partial charge < -0.3 is 0 Å². The summed E-state index contributed by atoms with van der Waals surface area (Å²) in [6.07, 6.45) is 0. The Bertz CT molecular complexity index is 1230. The number of hydrogen-bond donors (Lipinski definition) is 0. The maximum absolute atomic E-state index is 13.8. The summed E-state index contributed by atoms with van der Waals surface area (Å²) in [6, 6.07) is 17.2. The molecule has 0 aliphatic carbocycles. The van der Waals surface area contributed by atoms with Crippen molar-refractivity contribution in [2.24, 2.45) is 0 Å². The third-order valence-corrected chi connectivity index (χ3v) is 7.35. The van der Waals surface area contributed by atoms with Crippen LogP contribution in [0.3, 0.4) is 0 Å². The topological polar surface area (TPSA) is 54.5 Å². The van der Waals surface area contributed by atoms with Crippen molar-refractivity contribution in [2.75, 3.05) is 4.31 Å². The average molecular weight is 406 g/mol. The molecule has 1 aliphatic heterocycles. The van der Waals surface area contributed by atoms with E-state index in [1.165, 1.54) is 11.2 Å². The molecule has 3 aromatic rings. The number of nitrogens with zero attached hydrogens (tertiary/aromatic N) is 1. The van der Waals surface area contributed by atoms with E-state index in [-0.39, 0.29) is 10.7 Å². The summed E-state index contributed by atoms with van der Waals surface area (Å²) in [5, 5.41) is 0. The summed E-state index contributed by atoms with van der Waals surface area (Å²) < 4.78 is 28.8. The van der Waals surface area contributed by atoms with Crippen molar-refractivity contribution < 1.29 is 13.2 Å². The SMILES string of the molecule is CC(=O)C1c2c(C)ccc(C)c2-c2ccccc2N1S(=O)(=O)c1ccc(C)cc1. The van der Waals surface area contributed by atoms with Crippen molar-refractivity contribution >= 4 is 21.5 Å². The Hall–Kier alpha value is -2.92. The van der Waals surface area contributed by atoms with E-state index >= 15 is 0 Å². The van der Waals surface area contributed by atoms with Crippen LogP contribution in [-0.4, -0.2) is 14.2 Å². The molecule has 4 nitrogen and oxygen atoms in total. The first kappa shape index (κ1) is 19.4. The zero-order chi connectivity index (χ0) is 20.9. The number of carbonyl (C=O) groups excluding carboxylic acids is 1. The fourth-order valence-corrected chi connectivity index (χ4v) is 5.79. The number of hydrogen-bond acceptors (Lipinski definition) is 3. The number of para-hydroxylation sites is 1. The third-order valence-electron chi connectivity index (χ3n) is 5.55. The first-order chi connectivity index (χ1) is 13.7. The van der Waals surface area contributed by atoms with Gasteiger partial charge in [0.2, 0.25) is 0 Å². The van der Waals surface area contributed by atoms with Crippen molar-refractivity contribution in [3.8, 4) is 11.1 Å². The largest absolute Gasteiger partial charge is 0.297 e. The molecule has 1 heterocycles. The lowest BCUT2D eigenvalue weighted by Gasteiger charge is -2.39. The lowest BCUT2D eigenvalue weighted by molar-refractivity contribution is -0.118. The van der Waals surface area contributed by atoms with Crippen LogP contribution >= 0.6 is 0 Å². The second-order valence-corrected chi connectivity index (χ2v) is 9.45. The molecule has 0 fully saturated rings. The first-order valence-corrected chi connectivity index (χ1v) is 11.0. The Balaban J connectivity index is 2.07. The van der Waals surface area contributed by atoms with Gasteiger partial charge in [-0.15, -0.1) is 0 Å². The Labute approximate surface area is 171 Å². The molecular formula is C24H23NO3S. The number of rotatable bonds is 3. The minimum atomic E-state index is -3.95. The molecule has 148 valence electrons. The monoisotopic (exact) mass is 405 g/mol. The van der Waals surface area contributed by atoms with Gasteiger partial charge in [-0.1, -0.05) is 48.0 Å². The van der Waals surface area contributed by atoms with E-state index in [4.69, 9.17) is 0 Å². The van der Waals surface area contributed by atoms with Crippen LogP contribution in [0.1, 0.15) is 35.2 Å². The highest BCUT2D eigenvalue weighted by atomic mass is 32.2. The number of Topliss-reactive ketones (excluding diaryl/α,β-unsaturated/α-hetero) is 1. The van der Waals surface area contributed by atoms with Gasteiger partial charge in [0.15, 0.2) is 5.78 Å². The molecule has 1 unspecified atom stereocenters. The third kappa shape index (κ3) is 2.97. The molecule has 4 rings (SSSR count). The van der Waals surface area contributed by atoms with Crippen LogP contribution in [0.4, 0.5) is 5.69 Å². The van der Waals surface area contributed by atoms with E-state index in [1.54, 1.807) is 30.3 Å². The van der Waals surface area contributed by atoms with Crippen molar-refractivity contribution in [3.63, 3.8) is 0 Å². The van der Waals surface area contributed by atoms with E-state index in [2.05, 4.69) is 0 Å². The van der Waals surface area contributed by atoms with Crippen molar-refractivity contribution in [1.82, 2.24) is 0 Å². The van der Waals surface area contributed by atoms with Gasteiger partial charge in [0, 0.05) is 5.56 Å². The standard InChI is InChI=1S/C24H23NO3S/c1-15-9-13-19(14-10-15)29(27,28)25-21-8-6-5-7-20(21)22-16(2)11-12-17(3)23(22)24(25)18(4)26/h5-14,24H,1-4H3. The zero-order valence-corrected chi connectivity index (χ0v) is 17.7. The Morgan fingerprint density at radius 2 is 1.48 bits per heavy atom. The number of benzene rings is 3. The van der Waals surface area contributed by atoms with Crippen LogP contribution in [0.5, 0.6) is 0 Å². The van der Waals surface area contributed by atoms with Crippen LogP contribution in [-0.2, 0) is 14.8 Å². The number of anilines is 1. The molecule has 0 aromatic heterocycles.